The molecule has 0 amide bonds. The molecule has 2 heterocycles. The Bertz CT molecular complexity index is 537. The van der Waals surface area contributed by atoms with Gasteiger partial charge in [-0.15, -0.1) is 0 Å². The number of ether oxygens (including phenoxy) is 1. The van der Waals surface area contributed by atoms with Gasteiger partial charge in [-0.3, -0.25) is 4.90 Å². The fourth-order valence-electron chi connectivity index (χ4n) is 4.13. The number of nitrogens with zero attached hydrogens (tertiary/aromatic N) is 1. The van der Waals surface area contributed by atoms with Crippen LogP contribution >= 0.6 is 0 Å². The highest BCUT2D eigenvalue weighted by molar-refractivity contribution is 5.92. The molecule has 1 aromatic heterocycles. The highest BCUT2D eigenvalue weighted by Crippen LogP contribution is 2.39. The molecule has 0 aliphatic carbocycles. The van der Waals surface area contributed by atoms with Crippen molar-refractivity contribution in [3.05, 3.63) is 23.2 Å². The topological polar surface area (TPSA) is 68.7 Å². The number of hydrogen-bond donors (Lipinski definition) is 1. The van der Waals surface area contributed by atoms with Gasteiger partial charge in [0, 0.05) is 42.6 Å². The van der Waals surface area contributed by atoms with Crippen molar-refractivity contribution >= 4 is 5.97 Å². The molecule has 1 aromatic rings. The van der Waals surface area contributed by atoms with Crippen LogP contribution in [0.25, 0.3) is 0 Å². The van der Waals surface area contributed by atoms with E-state index in [1.807, 2.05) is 6.92 Å². The lowest BCUT2D eigenvalue weighted by Gasteiger charge is -2.54. The molecule has 1 fully saturated rings. The van der Waals surface area contributed by atoms with Gasteiger partial charge < -0.3 is 14.9 Å². The van der Waals surface area contributed by atoms with Gasteiger partial charge >= 0.3 is 5.97 Å². The second-order valence-electron chi connectivity index (χ2n) is 7.85. The Kier molecular flexibility index (Phi) is 4.92. The average molecular weight is 322 g/mol. The van der Waals surface area contributed by atoms with Gasteiger partial charge in [0.15, 0.2) is 0 Å². The third kappa shape index (κ3) is 3.61. The van der Waals surface area contributed by atoms with Crippen molar-refractivity contribution in [3.8, 4) is 0 Å². The van der Waals surface area contributed by atoms with Crippen LogP contribution in [0.2, 0.25) is 0 Å². The SMILES string of the molecule is Cc1coc(C)c1C(=O)OC1CC(C)(C)N(CCN)C(C)(C)C1. The van der Waals surface area contributed by atoms with E-state index in [1.165, 1.54) is 0 Å². The van der Waals surface area contributed by atoms with Gasteiger partial charge in [-0.1, -0.05) is 0 Å². The predicted molar refractivity (Wildman–Crippen MR) is 90.5 cm³/mol. The average Bonchev–Trinajstić information content (AvgIpc) is 2.72. The molecule has 2 rings (SSSR count). The van der Waals surface area contributed by atoms with E-state index >= 15 is 0 Å². The van der Waals surface area contributed by atoms with Crippen LogP contribution in [0, 0.1) is 13.8 Å². The summed E-state index contributed by atoms with van der Waals surface area (Å²) in [5.41, 5.74) is 7.04. The van der Waals surface area contributed by atoms with Gasteiger partial charge in [0.2, 0.25) is 0 Å². The molecule has 0 saturated carbocycles. The Labute approximate surface area is 139 Å². The minimum Gasteiger partial charge on any atom is -0.468 e. The summed E-state index contributed by atoms with van der Waals surface area (Å²) in [4.78, 5) is 15.0. The largest absolute Gasteiger partial charge is 0.468 e. The molecule has 130 valence electrons. The van der Waals surface area contributed by atoms with Gasteiger partial charge in [-0.2, -0.15) is 0 Å². The third-order valence-corrected chi connectivity index (χ3v) is 4.91. The molecule has 5 heteroatoms. The van der Waals surface area contributed by atoms with E-state index in [0.717, 1.165) is 24.9 Å². The lowest BCUT2D eigenvalue weighted by atomic mass is 9.78. The van der Waals surface area contributed by atoms with Gasteiger partial charge in [-0.05, 0) is 41.5 Å². The summed E-state index contributed by atoms with van der Waals surface area (Å²) in [6.45, 7) is 13.9. The van der Waals surface area contributed by atoms with Gasteiger partial charge in [-0.25, -0.2) is 4.79 Å². The molecule has 0 radical (unpaired) electrons. The van der Waals surface area contributed by atoms with Crippen molar-refractivity contribution in [3.63, 3.8) is 0 Å². The van der Waals surface area contributed by atoms with Gasteiger partial charge in [0.1, 0.15) is 17.4 Å². The van der Waals surface area contributed by atoms with Gasteiger partial charge in [0.25, 0.3) is 0 Å². The van der Waals surface area contributed by atoms with Crippen LogP contribution in [0.3, 0.4) is 0 Å². The van der Waals surface area contributed by atoms with Crippen molar-refractivity contribution in [1.29, 1.82) is 0 Å². The molecule has 0 bridgehead atoms. The van der Waals surface area contributed by atoms with Crippen molar-refractivity contribution in [2.45, 2.75) is 71.6 Å². The maximum absolute atomic E-state index is 12.5. The number of carbonyl (C=O) groups is 1. The van der Waals surface area contributed by atoms with E-state index in [9.17, 15) is 4.79 Å². The molecule has 0 unspecified atom stereocenters. The van der Waals surface area contributed by atoms with Crippen LogP contribution < -0.4 is 5.73 Å². The number of rotatable bonds is 4. The predicted octanol–water partition coefficient (Wildman–Crippen LogP) is 3.03. The number of esters is 1. The number of carbonyl (C=O) groups excluding carboxylic acids is 1. The Balaban J connectivity index is 2.15. The second kappa shape index (κ2) is 6.29. The first-order valence-corrected chi connectivity index (χ1v) is 8.32. The zero-order valence-corrected chi connectivity index (χ0v) is 15.2. The van der Waals surface area contributed by atoms with Crippen LogP contribution in [0.4, 0.5) is 0 Å². The minimum absolute atomic E-state index is 0.0629. The summed E-state index contributed by atoms with van der Waals surface area (Å²) in [6.07, 6.45) is 3.11. The standard InChI is InChI=1S/C18H30N2O3/c1-12-11-22-13(2)15(12)16(21)23-14-9-17(3,4)20(8-7-19)18(5,6)10-14/h11,14H,7-10,19H2,1-6H3. The highest BCUT2D eigenvalue weighted by atomic mass is 16.5. The van der Waals surface area contributed by atoms with Crippen molar-refractivity contribution in [2.24, 2.45) is 5.73 Å². The number of hydrogen-bond acceptors (Lipinski definition) is 5. The molecule has 1 aliphatic rings. The summed E-state index contributed by atoms with van der Waals surface area (Å²) < 4.78 is 11.2. The Hall–Kier alpha value is -1.33. The van der Waals surface area contributed by atoms with E-state index < -0.39 is 0 Å². The first-order valence-electron chi connectivity index (χ1n) is 8.32. The molecule has 0 spiro atoms. The third-order valence-electron chi connectivity index (χ3n) is 4.91. The first-order chi connectivity index (χ1) is 10.6. The fourth-order valence-corrected chi connectivity index (χ4v) is 4.13. The first kappa shape index (κ1) is 18.0. The van der Waals surface area contributed by atoms with E-state index in [2.05, 4.69) is 32.6 Å². The quantitative estimate of drug-likeness (QED) is 0.863. The van der Waals surface area contributed by atoms with Crippen LogP contribution in [-0.4, -0.2) is 41.1 Å². The Morgan fingerprint density at radius 3 is 2.30 bits per heavy atom. The molecule has 5 nitrogen and oxygen atoms in total. The molecule has 0 atom stereocenters. The van der Waals surface area contributed by atoms with E-state index in [4.69, 9.17) is 14.9 Å². The van der Waals surface area contributed by atoms with E-state index in [1.54, 1.807) is 13.2 Å². The fraction of sp³-hybridized carbons (Fsp3) is 0.722. The summed E-state index contributed by atoms with van der Waals surface area (Å²) in [5, 5.41) is 0. The molecule has 1 aliphatic heterocycles. The number of aryl methyl sites for hydroxylation is 2. The maximum Gasteiger partial charge on any atom is 0.342 e. The van der Waals surface area contributed by atoms with Crippen molar-refractivity contribution in [1.82, 2.24) is 4.90 Å². The van der Waals surface area contributed by atoms with Crippen molar-refractivity contribution in [2.75, 3.05) is 13.1 Å². The maximum atomic E-state index is 12.5. The van der Waals surface area contributed by atoms with E-state index in [0.29, 0.717) is 17.9 Å². The monoisotopic (exact) mass is 322 g/mol. The Morgan fingerprint density at radius 1 is 1.30 bits per heavy atom. The summed E-state index contributed by atoms with van der Waals surface area (Å²) >= 11 is 0. The Morgan fingerprint density at radius 2 is 1.87 bits per heavy atom. The zero-order chi connectivity index (χ0) is 17.4. The zero-order valence-electron chi connectivity index (χ0n) is 15.2. The van der Waals surface area contributed by atoms with Gasteiger partial charge in [0.05, 0.1) is 6.26 Å². The molecule has 2 N–H and O–H groups in total. The van der Waals surface area contributed by atoms with Crippen LogP contribution in [0.5, 0.6) is 0 Å². The number of piperidine rings is 1. The molecular weight excluding hydrogens is 292 g/mol. The molecule has 0 aromatic carbocycles. The minimum atomic E-state index is -0.280. The lowest BCUT2D eigenvalue weighted by Crippen LogP contribution is -2.63. The molecule has 1 saturated heterocycles. The second-order valence-corrected chi connectivity index (χ2v) is 7.85. The summed E-state index contributed by atoms with van der Waals surface area (Å²) in [7, 11) is 0. The number of nitrogens with two attached hydrogens (primary N) is 1. The smallest absolute Gasteiger partial charge is 0.342 e. The molecular formula is C18H30N2O3. The normalized spacial score (nSPS) is 21.3. The summed E-state index contributed by atoms with van der Waals surface area (Å²) in [6, 6.07) is 0. The lowest BCUT2D eigenvalue weighted by molar-refractivity contribution is -0.0854. The highest BCUT2D eigenvalue weighted by Gasteiger charge is 2.46. The number of likely N-dealkylation sites (tertiary alicyclic amines) is 1. The summed E-state index contributed by atoms with van der Waals surface area (Å²) in [5.74, 6) is 0.337. The van der Waals surface area contributed by atoms with E-state index in [-0.39, 0.29) is 23.2 Å². The van der Waals surface area contributed by atoms with Crippen LogP contribution in [0.1, 0.15) is 62.2 Å². The number of furan rings is 1. The molecule has 23 heavy (non-hydrogen) atoms. The van der Waals surface area contributed by atoms with Crippen LogP contribution in [-0.2, 0) is 4.74 Å². The van der Waals surface area contributed by atoms with Crippen molar-refractivity contribution < 1.29 is 13.9 Å². The van der Waals surface area contributed by atoms with Crippen LogP contribution in [0.15, 0.2) is 10.7 Å².